The molecular formula is C9H6BrClF2O2. The molecule has 2 nitrogen and oxygen atoms in total. The number of ether oxygens (including phenoxy) is 1. The predicted octanol–water partition coefficient (Wildman–Crippen LogP) is 3.91. The van der Waals surface area contributed by atoms with Gasteiger partial charge in [0.1, 0.15) is 0 Å². The van der Waals surface area contributed by atoms with Gasteiger partial charge in [-0.25, -0.2) is 0 Å². The second-order valence-corrected chi connectivity index (χ2v) is 3.97. The van der Waals surface area contributed by atoms with Gasteiger partial charge in [0.05, 0.1) is 9.50 Å². The lowest BCUT2D eigenvalue weighted by Crippen LogP contribution is -2.04. The van der Waals surface area contributed by atoms with Gasteiger partial charge >= 0.3 is 6.61 Å². The molecule has 0 bridgehead atoms. The van der Waals surface area contributed by atoms with E-state index in [0.717, 1.165) is 0 Å². The van der Waals surface area contributed by atoms with Gasteiger partial charge in [0.25, 0.3) is 0 Å². The Kier molecular flexibility index (Phi) is 4.04. The van der Waals surface area contributed by atoms with Crippen LogP contribution < -0.4 is 4.74 Å². The molecule has 0 fully saturated rings. The van der Waals surface area contributed by atoms with Crippen molar-refractivity contribution >= 4 is 33.3 Å². The second kappa shape index (κ2) is 4.90. The molecule has 0 aromatic heterocycles. The Morgan fingerprint density at radius 1 is 1.53 bits per heavy atom. The van der Waals surface area contributed by atoms with Gasteiger partial charge in [-0.15, -0.1) is 0 Å². The van der Waals surface area contributed by atoms with E-state index in [0.29, 0.717) is 5.56 Å². The number of hydrogen-bond donors (Lipinski definition) is 0. The number of halogens is 4. The lowest BCUT2D eigenvalue weighted by molar-refractivity contribution is -0.0502. The van der Waals surface area contributed by atoms with Crippen LogP contribution >= 0.6 is 27.5 Å². The van der Waals surface area contributed by atoms with Crippen LogP contribution in [0.3, 0.4) is 0 Å². The van der Waals surface area contributed by atoms with Crippen molar-refractivity contribution in [3.8, 4) is 5.75 Å². The van der Waals surface area contributed by atoms with Gasteiger partial charge in [0.15, 0.2) is 11.5 Å². The number of ketones is 1. The molecule has 0 aliphatic rings. The van der Waals surface area contributed by atoms with Gasteiger partial charge in [0.2, 0.25) is 0 Å². The van der Waals surface area contributed by atoms with E-state index in [1.807, 2.05) is 0 Å². The zero-order valence-electron chi connectivity index (χ0n) is 7.56. The average Bonchev–Trinajstić information content (AvgIpc) is 2.10. The van der Waals surface area contributed by atoms with E-state index in [1.54, 1.807) is 0 Å². The quantitative estimate of drug-likeness (QED) is 0.791. The van der Waals surface area contributed by atoms with E-state index >= 15 is 0 Å². The van der Waals surface area contributed by atoms with E-state index in [2.05, 4.69) is 20.7 Å². The highest BCUT2D eigenvalue weighted by molar-refractivity contribution is 9.10. The minimum Gasteiger partial charge on any atom is -0.432 e. The van der Waals surface area contributed by atoms with Crippen molar-refractivity contribution < 1.29 is 18.3 Å². The Morgan fingerprint density at radius 3 is 2.53 bits per heavy atom. The molecule has 0 amide bonds. The third-order valence-electron chi connectivity index (χ3n) is 1.61. The smallest absolute Gasteiger partial charge is 0.387 e. The third kappa shape index (κ3) is 3.14. The first-order valence-corrected chi connectivity index (χ1v) is 5.03. The molecule has 0 saturated heterocycles. The molecule has 0 saturated carbocycles. The number of benzene rings is 1. The fourth-order valence-electron chi connectivity index (χ4n) is 0.965. The number of alkyl halides is 2. The Hall–Kier alpha value is -0.680. The molecule has 0 spiro atoms. The summed E-state index contributed by atoms with van der Waals surface area (Å²) >= 11 is 8.68. The lowest BCUT2D eigenvalue weighted by Gasteiger charge is -2.09. The number of hydrogen-bond acceptors (Lipinski definition) is 2. The molecule has 1 rings (SSSR count). The molecular weight excluding hydrogens is 293 g/mol. The fourth-order valence-corrected chi connectivity index (χ4v) is 1.90. The molecule has 15 heavy (non-hydrogen) atoms. The molecule has 0 aliphatic carbocycles. The van der Waals surface area contributed by atoms with Crippen LogP contribution in [-0.4, -0.2) is 12.4 Å². The Morgan fingerprint density at radius 2 is 2.13 bits per heavy atom. The van der Waals surface area contributed by atoms with Crippen molar-refractivity contribution in [2.24, 2.45) is 0 Å². The van der Waals surface area contributed by atoms with Gasteiger partial charge in [-0.05, 0) is 35.0 Å². The van der Waals surface area contributed by atoms with Crippen LogP contribution in [0.1, 0.15) is 17.3 Å². The highest BCUT2D eigenvalue weighted by Gasteiger charge is 2.15. The Labute approximate surface area is 98.3 Å². The summed E-state index contributed by atoms with van der Waals surface area (Å²) in [6, 6.07) is 2.66. The van der Waals surface area contributed by atoms with Crippen LogP contribution in [0.2, 0.25) is 5.02 Å². The molecule has 0 radical (unpaired) electrons. The zero-order chi connectivity index (χ0) is 11.6. The Bertz CT molecular complexity index is 373. The van der Waals surface area contributed by atoms with Gasteiger partial charge < -0.3 is 4.74 Å². The van der Waals surface area contributed by atoms with Crippen molar-refractivity contribution in [1.82, 2.24) is 0 Å². The molecule has 0 aliphatic heterocycles. The average molecular weight is 299 g/mol. The van der Waals surface area contributed by atoms with E-state index in [4.69, 9.17) is 11.6 Å². The largest absolute Gasteiger partial charge is 0.432 e. The van der Waals surface area contributed by atoms with Crippen LogP contribution in [0.5, 0.6) is 5.75 Å². The van der Waals surface area contributed by atoms with Crippen molar-refractivity contribution in [1.29, 1.82) is 0 Å². The standard InChI is InChI=1S/C9H6BrClF2O2/c1-4(14)5-2-6(10)8(7(11)3-5)15-9(12)13/h2-3,9H,1H3. The van der Waals surface area contributed by atoms with Crippen LogP contribution in [0.15, 0.2) is 16.6 Å². The van der Waals surface area contributed by atoms with E-state index in [1.165, 1.54) is 19.1 Å². The maximum Gasteiger partial charge on any atom is 0.387 e. The summed E-state index contributed by atoms with van der Waals surface area (Å²) in [6.45, 7) is -1.60. The zero-order valence-corrected chi connectivity index (χ0v) is 9.90. The van der Waals surface area contributed by atoms with Crippen molar-refractivity contribution in [2.75, 3.05) is 0 Å². The van der Waals surface area contributed by atoms with Crippen LogP contribution in [0.25, 0.3) is 0 Å². The summed E-state index contributed by atoms with van der Waals surface area (Å²) in [6.07, 6.45) is 0. The molecule has 0 atom stereocenters. The third-order valence-corrected chi connectivity index (χ3v) is 2.48. The molecule has 6 heteroatoms. The van der Waals surface area contributed by atoms with E-state index in [9.17, 15) is 13.6 Å². The van der Waals surface area contributed by atoms with Gasteiger partial charge in [0, 0.05) is 5.56 Å². The number of Topliss-reactive ketones (excluding diaryl/α,β-unsaturated/α-hetero) is 1. The van der Waals surface area contributed by atoms with E-state index < -0.39 is 6.61 Å². The van der Waals surface area contributed by atoms with Crippen LogP contribution in [0.4, 0.5) is 8.78 Å². The van der Waals surface area contributed by atoms with Gasteiger partial charge in [-0.2, -0.15) is 8.78 Å². The minimum atomic E-state index is -2.96. The molecule has 0 N–H and O–H groups in total. The first kappa shape index (κ1) is 12.4. The number of rotatable bonds is 3. The summed E-state index contributed by atoms with van der Waals surface area (Å²) in [7, 11) is 0. The summed E-state index contributed by atoms with van der Waals surface area (Å²) < 4.78 is 28.4. The fraction of sp³-hybridized carbons (Fsp3) is 0.222. The molecule has 0 unspecified atom stereocenters. The monoisotopic (exact) mass is 298 g/mol. The highest BCUT2D eigenvalue weighted by Crippen LogP contribution is 2.35. The summed E-state index contributed by atoms with van der Waals surface area (Å²) in [5.74, 6) is -0.377. The second-order valence-electron chi connectivity index (χ2n) is 2.70. The minimum absolute atomic E-state index is 0.0325. The van der Waals surface area contributed by atoms with Crippen molar-refractivity contribution in [2.45, 2.75) is 13.5 Å². The normalized spacial score (nSPS) is 10.5. The van der Waals surface area contributed by atoms with Gasteiger partial charge in [-0.3, -0.25) is 4.79 Å². The van der Waals surface area contributed by atoms with Crippen LogP contribution in [-0.2, 0) is 0 Å². The number of carbonyl (C=O) groups is 1. The predicted molar refractivity (Wildman–Crippen MR) is 55.8 cm³/mol. The number of carbonyl (C=O) groups excluding carboxylic acids is 1. The lowest BCUT2D eigenvalue weighted by atomic mass is 10.1. The topological polar surface area (TPSA) is 26.3 Å². The molecule has 0 heterocycles. The maximum absolute atomic E-state index is 12.0. The van der Waals surface area contributed by atoms with Gasteiger partial charge in [-0.1, -0.05) is 11.6 Å². The Balaban J connectivity index is 3.15. The van der Waals surface area contributed by atoms with Crippen LogP contribution in [0, 0.1) is 0 Å². The summed E-state index contributed by atoms with van der Waals surface area (Å²) in [5.41, 5.74) is 0.327. The molecule has 82 valence electrons. The first-order chi connectivity index (χ1) is 6.91. The van der Waals surface area contributed by atoms with Crippen molar-refractivity contribution in [3.05, 3.63) is 27.2 Å². The summed E-state index contributed by atoms with van der Waals surface area (Å²) in [4.78, 5) is 11.0. The van der Waals surface area contributed by atoms with Crippen molar-refractivity contribution in [3.63, 3.8) is 0 Å². The first-order valence-electron chi connectivity index (χ1n) is 3.86. The maximum atomic E-state index is 12.0. The molecule has 1 aromatic carbocycles. The summed E-state index contributed by atoms with van der Waals surface area (Å²) in [5, 5.41) is -0.0325. The SMILES string of the molecule is CC(=O)c1cc(Cl)c(OC(F)F)c(Br)c1. The molecule has 1 aromatic rings. The highest BCUT2D eigenvalue weighted by atomic mass is 79.9. The van der Waals surface area contributed by atoms with E-state index in [-0.39, 0.29) is 21.0 Å².